The summed E-state index contributed by atoms with van der Waals surface area (Å²) in [5.74, 6) is 1.86. The standard InChI is InChI=1S/C21H25N3O4/c1-21(2)11-15-5-3-7-17(20(15)28-21)26-13-19(25)24-10-4-6-16(12-24)27-18-8-9-22-14-23-18/h3,5,7-9,14,16H,4,6,10-13H2,1-2H3. The normalized spacial score (nSPS) is 20.2. The Bertz CT molecular complexity index is 841. The van der Waals surface area contributed by atoms with E-state index in [1.54, 1.807) is 17.2 Å². The van der Waals surface area contributed by atoms with E-state index in [4.69, 9.17) is 14.2 Å². The molecule has 2 aliphatic rings. The lowest BCUT2D eigenvalue weighted by atomic mass is 10.0. The Kier molecular flexibility index (Phi) is 5.07. The Morgan fingerprint density at radius 3 is 3.07 bits per heavy atom. The van der Waals surface area contributed by atoms with Crippen LogP contribution in [0.3, 0.4) is 0 Å². The molecule has 0 saturated carbocycles. The van der Waals surface area contributed by atoms with Crippen LogP contribution in [0.15, 0.2) is 36.8 Å². The number of fused-ring (bicyclic) bond motifs is 1. The maximum Gasteiger partial charge on any atom is 0.260 e. The number of hydrogen-bond acceptors (Lipinski definition) is 6. The molecule has 1 atom stereocenters. The van der Waals surface area contributed by atoms with E-state index in [1.807, 2.05) is 32.0 Å². The highest BCUT2D eigenvalue weighted by molar-refractivity contribution is 5.78. The first-order valence-electron chi connectivity index (χ1n) is 9.64. The zero-order valence-electron chi connectivity index (χ0n) is 16.3. The Morgan fingerprint density at radius 2 is 2.25 bits per heavy atom. The van der Waals surface area contributed by atoms with Crippen LogP contribution >= 0.6 is 0 Å². The number of nitrogens with zero attached hydrogens (tertiary/aromatic N) is 3. The molecule has 1 unspecified atom stereocenters. The summed E-state index contributed by atoms with van der Waals surface area (Å²) in [5.41, 5.74) is 0.871. The van der Waals surface area contributed by atoms with Crippen molar-refractivity contribution in [3.8, 4) is 17.4 Å². The van der Waals surface area contributed by atoms with E-state index in [0.717, 1.165) is 30.6 Å². The molecule has 0 aliphatic carbocycles. The summed E-state index contributed by atoms with van der Waals surface area (Å²) in [4.78, 5) is 22.4. The number of rotatable bonds is 5. The Hall–Kier alpha value is -2.83. The highest BCUT2D eigenvalue weighted by Gasteiger charge is 2.32. The summed E-state index contributed by atoms with van der Waals surface area (Å²) in [6.07, 6.45) is 5.64. The van der Waals surface area contributed by atoms with Gasteiger partial charge in [-0.05, 0) is 32.8 Å². The topological polar surface area (TPSA) is 73.8 Å². The first kappa shape index (κ1) is 18.5. The molecule has 148 valence electrons. The number of likely N-dealkylation sites (tertiary alicyclic amines) is 1. The second-order valence-corrected chi connectivity index (χ2v) is 7.84. The van der Waals surface area contributed by atoms with Gasteiger partial charge >= 0.3 is 0 Å². The molecule has 2 aromatic rings. The summed E-state index contributed by atoms with van der Waals surface area (Å²) in [5, 5.41) is 0. The van der Waals surface area contributed by atoms with Crippen molar-refractivity contribution in [1.82, 2.24) is 14.9 Å². The van der Waals surface area contributed by atoms with E-state index >= 15 is 0 Å². The number of carbonyl (C=O) groups excluding carboxylic acids is 1. The van der Waals surface area contributed by atoms with Gasteiger partial charge < -0.3 is 19.1 Å². The second kappa shape index (κ2) is 7.66. The van der Waals surface area contributed by atoms with Crippen LogP contribution in [0.2, 0.25) is 0 Å². The highest BCUT2D eigenvalue weighted by Crippen LogP contribution is 2.41. The first-order chi connectivity index (χ1) is 13.5. The number of piperidine rings is 1. The number of aromatic nitrogens is 2. The summed E-state index contributed by atoms with van der Waals surface area (Å²) < 4.78 is 17.7. The molecule has 7 nitrogen and oxygen atoms in total. The van der Waals surface area contributed by atoms with Gasteiger partial charge in [0, 0.05) is 30.8 Å². The van der Waals surface area contributed by atoms with Crippen LogP contribution in [-0.4, -0.2) is 52.2 Å². The largest absolute Gasteiger partial charge is 0.483 e. The van der Waals surface area contributed by atoms with Gasteiger partial charge in [-0.25, -0.2) is 9.97 Å². The van der Waals surface area contributed by atoms with Crippen molar-refractivity contribution < 1.29 is 19.0 Å². The molecule has 1 saturated heterocycles. The van der Waals surface area contributed by atoms with E-state index in [2.05, 4.69) is 9.97 Å². The van der Waals surface area contributed by atoms with E-state index in [-0.39, 0.29) is 24.2 Å². The minimum absolute atomic E-state index is 0.0134. The fraction of sp³-hybridized carbons (Fsp3) is 0.476. The highest BCUT2D eigenvalue weighted by atomic mass is 16.5. The smallest absolute Gasteiger partial charge is 0.260 e. The van der Waals surface area contributed by atoms with E-state index in [0.29, 0.717) is 24.7 Å². The quantitative estimate of drug-likeness (QED) is 0.790. The SMILES string of the molecule is CC1(C)Cc2cccc(OCC(=O)N3CCCC(Oc4ccncn4)C3)c2O1. The fourth-order valence-corrected chi connectivity index (χ4v) is 3.71. The molecule has 28 heavy (non-hydrogen) atoms. The third-order valence-corrected chi connectivity index (χ3v) is 4.98. The van der Waals surface area contributed by atoms with Gasteiger partial charge in [-0.2, -0.15) is 0 Å². The van der Waals surface area contributed by atoms with Crippen molar-refractivity contribution >= 4 is 5.91 Å². The Labute approximate surface area is 164 Å². The molecular weight excluding hydrogens is 358 g/mol. The van der Waals surface area contributed by atoms with E-state index < -0.39 is 0 Å². The maximum absolute atomic E-state index is 12.7. The van der Waals surface area contributed by atoms with Gasteiger partial charge in [0.1, 0.15) is 18.0 Å². The number of amides is 1. The van der Waals surface area contributed by atoms with Crippen LogP contribution in [-0.2, 0) is 11.2 Å². The molecule has 1 aromatic heterocycles. The molecule has 0 radical (unpaired) electrons. The lowest BCUT2D eigenvalue weighted by Gasteiger charge is -2.32. The molecular formula is C21H25N3O4. The van der Waals surface area contributed by atoms with Crippen molar-refractivity contribution in [2.24, 2.45) is 0 Å². The average Bonchev–Trinajstić information content (AvgIpc) is 3.01. The van der Waals surface area contributed by atoms with Crippen LogP contribution in [0.5, 0.6) is 17.4 Å². The van der Waals surface area contributed by atoms with Crippen LogP contribution in [0.4, 0.5) is 0 Å². The van der Waals surface area contributed by atoms with Gasteiger partial charge in [-0.15, -0.1) is 0 Å². The molecule has 1 amide bonds. The predicted molar refractivity (Wildman–Crippen MR) is 103 cm³/mol. The van der Waals surface area contributed by atoms with Crippen molar-refractivity contribution in [1.29, 1.82) is 0 Å². The van der Waals surface area contributed by atoms with E-state index in [1.165, 1.54) is 6.33 Å². The Balaban J connectivity index is 1.34. The number of hydrogen-bond donors (Lipinski definition) is 0. The molecule has 1 fully saturated rings. The summed E-state index contributed by atoms with van der Waals surface area (Å²) >= 11 is 0. The number of para-hydroxylation sites is 1. The summed E-state index contributed by atoms with van der Waals surface area (Å²) in [7, 11) is 0. The van der Waals surface area contributed by atoms with Gasteiger partial charge in [-0.1, -0.05) is 12.1 Å². The molecule has 0 spiro atoms. The monoisotopic (exact) mass is 383 g/mol. The number of ether oxygens (including phenoxy) is 3. The molecule has 7 heteroatoms. The van der Waals surface area contributed by atoms with Crippen LogP contribution in [0, 0.1) is 0 Å². The molecule has 0 N–H and O–H groups in total. The van der Waals surface area contributed by atoms with Crippen LogP contribution < -0.4 is 14.2 Å². The van der Waals surface area contributed by atoms with Crippen LogP contribution in [0.25, 0.3) is 0 Å². The first-order valence-corrected chi connectivity index (χ1v) is 9.64. The van der Waals surface area contributed by atoms with Gasteiger partial charge in [0.25, 0.3) is 5.91 Å². The number of benzene rings is 1. The minimum atomic E-state index is -0.246. The van der Waals surface area contributed by atoms with Crippen LogP contribution in [0.1, 0.15) is 32.3 Å². The second-order valence-electron chi connectivity index (χ2n) is 7.84. The molecule has 0 bridgehead atoms. The van der Waals surface area contributed by atoms with E-state index in [9.17, 15) is 4.79 Å². The van der Waals surface area contributed by atoms with Crippen molar-refractivity contribution in [2.45, 2.75) is 44.8 Å². The van der Waals surface area contributed by atoms with Crippen molar-refractivity contribution in [3.05, 3.63) is 42.4 Å². The molecule has 1 aromatic carbocycles. The maximum atomic E-state index is 12.7. The third-order valence-electron chi connectivity index (χ3n) is 4.98. The third kappa shape index (κ3) is 4.18. The van der Waals surface area contributed by atoms with Gasteiger partial charge in [0.2, 0.25) is 5.88 Å². The minimum Gasteiger partial charge on any atom is -0.483 e. The van der Waals surface area contributed by atoms with Gasteiger partial charge in [-0.3, -0.25) is 4.79 Å². The summed E-state index contributed by atoms with van der Waals surface area (Å²) in [6.45, 7) is 5.33. The predicted octanol–water partition coefficient (Wildman–Crippen LogP) is 2.64. The van der Waals surface area contributed by atoms with Crippen molar-refractivity contribution in [3.63, 3.8) is 0 Å². The number of carbonyl (C=O) groups is 1. The molecule has 2 aliphatic heterocycles. The fourth-order valence-electron chi connectivity index (χ4n) is 3.71. The van der Waals surface area contributed by atoms with Gasteiger partial charge in [0.05, 0.1) is 6.54 Å². The summed E-state index contributed by atoms with van der Waals surface area (Å²) in [6, 6.07) is 7.56. The lowest BCUT2D eigenvalue weighted by Crippen LogP contribution is -2.46. The zero-order chi connectivity index (χ0) is 19.6. The molecule has 4 rings (SSSR count). The van der Waals surface area contributed by atoms with Crippen molar-refractivity contribution in [2.75, 3.05) is 19.7 Å². The molecule has 3 heterocycles. The Morgan fingerprint density at radius 1 is 1.36 bits per heavy atom. The van der Waals surface area contributed by atoms with Gasteiger partial charge in [0.15, 0.2) is 18.1 Å². The lowest BCUT2D eigenvalue weighted by molar-refractivity contribution is -0.136. The average molecular weight is 383 g/mol. The zero-order valence-corrected chi connectivity index (χ0v) is 16.3.